The first-order chi connectivity index (χ1) is 8.33. The second kappa shape index (κ2) is 4.73. The van der Waals surface area contributed by atoms with Crippen molar-refractivity contribution in [2.24, 2.45) is 5.92 Å². The van der Waals surface area contributed by atoms with E-state index in [2.05, 4.69) is 12.2 Å². The minimum Gasteiger partial charge on any atom is -0.316 e. The number of nitrogens with one attached hydrogen (secondary N) is 1. The zero-order chi connectivity index (χ0) is 11.7. The highest BCUT2D eigenvalue weighted by Crippen LogP contribution is 2.23. The zero-order valence-electron chi connectivity index (χ0n) is 10.6. The number of aromatic nitrogens is 2. The first-order valence-corrected chi connectivity index (χ1v) is 6.89. The minimum absolute atomic E-state index is 0.746. The molecule has 1 unspecified atom stereocenters. The molecule has 2 aliphatic rings. The Balaban J connectivity index is 1.82. The van der Waals surface area contributed by atoms with Gasteiger partial charge in [0, 0.05) is 17.8 Å². The highest BCUT2D eigenvalue weighted by Gasteiger charge is 2.19. The van der Waals surface area contributed by atoms with Crippen LogP contribution in [0.5, 0.6) is 0 Å². The molecule has 1 atom stereocenters. The van der Waals surface area contributed by atoms with E-state index in [4.69, 9.17) is 9.97 Å². The molecule has 1 aliphatic carbocycles. The van der Waals surface area contributed by atoms with Gasteiger partial charge in [-0.15, -0.1) is 0 Å². The van der Waals surface area contributed by atoms with Crippen LogP contribution in [-0.4, -0.2) is 23.1 Å². The second-order valence-electron chi connectivity index (χ2n) is 5.42. The first-order valence-electron chi connectivity index (χ1n) is 6.89. The number of hydrogen-bond donors (Lipinski definition) is 1. The Labute approximate surface area is 103 Å². The van der Waals surface area contributed by atoms with E-state index in [1.54, 1.807) is 0 Å². The summed E-state index contributed by atoms with van der Waals surface area (Å²) in [5.74, 6) is 1.83. The third-order valence-electron chi connectivity index (χ3n) is 4.07. The lowest BCUT2D eigenvalue weighted by Crippen LogP contribution is -2.16. The van der Waals surface area contributed by atoms with E-state index in [-0.39, 0.29) is 0 Å². The largest absolute Gasteiger partial charge is 0.316 e. The lowest BCUT2D eigenvalue weighted by atomic mass is 9.94. The van der Waals surface area contributed by atoms with Crippen LogP contribution in [-0.2, 0) is 19.3 Å². The lowest BCUT2D eigenvalue weighted by molar-refractivity contribution is 0.552. The van der Waals surface area contributed by atoms with Crippen molar-refractivity contribution in [1.82, 2.24) is 15.3 Å². The molecule has 0 bridgehead atoms. The van der Waals surface area contributed by atoms with Crippen LogP contribution in [0.4, 0.5) is 0 Å². The Hall–Kier alpha value is -0.960. The van der Waals surface area contributed by atoms with Gasteiger partial charge in [0.2, 0.25) is 0 Å². The van der Waals surface area contributed by atoms with E-state index in [1.165, 1.54) is 42.6 Å². The molecule has 0 saturated carbocycles. The quantitative estimate of drug-likeness (QED) is 0.843. The normalized spacial score (nSPS) is 23.7. The molecule has 3 nitrogen and oxygen atoms in total. The maximum absolute atomic E-state index is 4.80. The Bertz CT molecular complexity index is 408. The molecule has 1 aromatic rings. The molecular weight excluding hydrogens is 210 g/mol. The van der Waals surface area contributed by atoms with Gasteiger partial charge in [-0.2, -0.15) is 0 Å². The molecule has 0 aromatic carbocycles. The molecular formula is C14H21N3. The zero-order valence-corrected chi connectivity index (χ0v) is 10.6. The number of fused-ring (bicyclic) bond motifs is 1. The molecule has 1 N–H and O–H groups in total. The van der Waals surface area contributed by atoms with E-state index >= 15 is 0 Å². The number of rotatable bonds is 2. The van der Waals surface area contributed by atoms with Gasteiger partial charge in [-0.3, -0.25) is 0 Å². The summed E-state index contributed by atoms with van der Waals surface area (Å²) < 4.78 is 0. The van der Waals surface area contributed by atoms with E-state index in [0.29, 0.717) is 0 Å². The Morgan fingerprint density at radius 3 is 2.94 bits per heavy atom. The lowest BCUT2D eigenvalue weighted by Gasteiger charge is -2.18. The van der Waals surface area contributed by atoms with Gasteiger partial charge >= 0.3 is 0 Å². The molecule has 92 valence electrons. The monoisotopic (exact) mass is 231 g/mol. The van der Waals surface area contributed by atoms with E-state index in [1.807, 2.05) is 0 Å². The molecule has 0 amide bonds. The predicted molar refractivity (Wildman–Crippen MR) is 68.1 cm³/mol. The van der Waals surface area contributed by atoms with E-state index in [0.717, 1.165) is 37.7 Å². The molecule has 0 spiro atoms. The van der Waals surface area contributed by atoms with Gasteiger partial charge in [0.25, 0.3) is 0 Å². The van der Waals surface area contributed by atoms with Gasteiger partial charge in [-0.25, -0.2) is 9.97 Å². The van der Waals surface area contributed by atoms with Crippen LogP contribution in [0.15, 0.2) is 0 Å². The highest BCUT2D eigenvalue weighted by atomic mass is 14.9. The van der Waals surface area contributed by atoms with Crippen LogP contribution < -0.4 is 5.32 Å². The van der Waals surface area contributed by atoms with Crippen LogP contribution in [0.2, 0.25) is 0 Å². The Kier molecular flexibility index (Phi) is 3.10. The molecule has 1 saturated heterocycles. The van der Waals surface area contributed by atoms with Crippen molar-refractivity contribution in [1.29, 1.82) is 0 Å². The van der Waals surface area contributed by atoms with Crippen LogP contribution >= 0.6 is 0 Å². The van der Waals surface area contributed by atoms with Crippen molar-refractivity contribution in [3.8, 4) is 0 Å². The van der Waals surface area contributed by atoms with E-state index < -0.39 is 0 Å². The van der Waals surface area contributed by atoms with Gasteiger partial charge in [0.15, 0.2) is 0 Å². The summed E-state index contributed by atoms with van der Waals surface area (Å²) in [4.78, 5) is 9.51. The van der Waals surface area contributed by atoms with Gasteiger partial charge in [0.1, 0.15) is 5.82 Å². The third kappa shape index (κ3) is 2.34. The van der Waals surface area contributed by atoms with Crippen molar-refractivity contribution >= 4 is 0 Å². The van der Waals surface area contributed by atoms with Gasteiger partial charge in [-0.1, -0.05) is 0 Å². The summed E-state index contributed by atoms with van der Waals surface area (Å²) >= 11 is 0. The van der Waals surface area contributed by atoms with Gasteiger partial charge in [0.05, 0.1) is 0 Å². The molecule has 1 aromatic heterocycles. The topological polar surface area (TPSA) is 37.8 Å². The average molecular weight is 231 g/mol. The third-order valence-corrected chi connectivity index (χ3v) is 4.07. The Morgan fingerprint density at radius 2 is 2.12 bits per heavy atom. The highest BCUT2D eigenvalue weighted by molar-refractivity contribution is 5.27. The summed E-state index contributed by atoms with van der Waals surface area (Å²) in [6, 6.07) is 0. The van der Waals surface area contributed by atoms with Crippen molar-refractivity contribution in [3.05, 3.63) is 22.8 Å². The fraction of sp³-hybridized carbons (Fsp3) is 0.714. The van der Waals surface area contributed by atoms with Crippen LogP contribution in [0.25, 0.3) is 0 Å². The fourth-order valence-electron chi connectivity index (χ4n) is 3.08. The molecule has 1 aliphatic heterocycles. The molecule has 3 rings (SSSR count). The maximum atomic E-state index is 4.80. The van der Waals surface area contributed by atoms with Crippen molar-refractivity contribution in [3.63, 3.8) is 0 Å². The summed E-state index contributed by atoms with van der Waals surface area (Å²) in [6.45, 7) is 4.45. The predicted octanol–water partition coefficient (Wildman–Crippen LogP) is 1.82. The molecule has 0 radical (unpaired) electrons. The Morgan fingerprint density at radius 1 is 1.24 bits per heavy atom. The van der Waals surface area contributed by atoms with Crippen LogP contribution in [0.1, 0.15) is 42.0 Å². The molecule has 3 heteroatoms. The van der Waals surface area contributed by atoms with Gasteiger partial charge < -0.3 is 5.32 Å². The second-order valence-corrected chi connectivity index (χ2v) is 5.42. The minimum atomic E-state index is 0.746. The summed E-state index contributed by atoms with van der Waals surface area (Å²) in [5, 5.41) is 3.41. The van der Waals surface area contributed by atoms with Crippen molar-refractivity contribution < 1.29 is 0 Å². The first kappa shape index (κ1) is 11.1. The average Bonchev–Trinajstić information content (AvgIpc) is 2.82. The fourth-order valence-corrected chi connectivity index (χ4v) is 3.08. The smallest absolute Gasteiger partial charge is 0.129 e. The summed E-state index contributed by atoms with van der Waals surface area (Å²) in [6.07, 6.45) is 7.29. The van der Waals surface area contributed by atoms with Crippen LogP contribution in [0, 0.1) is 12.8 Å². The number of aryl methyl sites for hydroxylation is 2. The van der Waals surface area contributed by atoms with Gasteiger partial charge in [-0.05, 0) is 63.6 Å². The van der Waals surface area contributed by atoms with Crippen molar-refractivity contribution in [2.75, 3.05) is 13.1 Å². The standard InChI is InChI=1S/C14H21N3/c1-10-12-4-2-3-5-13(12)17-14(16-10)8-11-6-7-15-9-11/h11,15H,2-9H2,1H3. The molecule has 1 fully saturated rings. The number of nitrogens with zero attached hydrogens (tertiary/aromatic N) is 2. The summed E-state index contributed by atoms with van der Waals surface area (Å²) in [7, 11) is 0. The molecule has 2 heterocycles. The molecule has 17 heavy (non-hydrogen) atoms. The summed E-state index contributed by atoms with van der Waals surface area (Å²) in [5.41, 5.74) is 4.00. The number of hydrogen-bond acceptors (Lipinski definition) is 3. The SMILES string of the molecule is Cc1nc(CC2CCNC2)nc2c1CCCC2. The maximum Gasteiger partial charge on any atom is 0.129 e. The van der Waals surface area contributed by atoms with Crippen LogP contribution in [0.3, 0.4) is 0 Å². The van der Waals surface area contributed by atoms with Crippen molar-refractivity contribution in [2.45, 2.75) is 45.4 Å². The van der Waals surface area contributed by atoms with E-state index in [9.17, 15) is 0 Å².